The third-order valence-corrected chi connectivity index (χ3v) is 6.50. The standard InChI is InChI=1S/C17H25FN2O3S/c1-2-24(21,22)19-9-7-15-8-10-23-17(15)12-20(13-17)11-14-3-5-16(18)6-4-14/h3-6,15,19H,2,7-13H2,1H3/t15-/m0/s1. The Morgan fingerprint density at radius 2 is 2.04 bits per heavy atom. The number of hydrogen-bond donors (Lipinski definition) is 1. The van der Waals surface area contributed by atoms with E-state index in [-0.39, 0.29) is 17.2 Å². The Hall–Kier alpha value is -1.02. The van der Waals surface area contributed by atoms with Gasteiger partial charge >= 0.3 is 0 Å². The van der Waals surface area contributed by atoms with Gasteiger partial charge in [-0.15, -0.1) is 0 Å². The van der Waals surface area contributed by atoms with Crippen molar-refractivity contribution in [2.45, 2.75) is 31.9 Å². The summed E-state index contributed by atoms with van der Waals surface area (Å²) < 4.78 is 44.6. The summed E-state index contributed by atoms with van der Waals surface area (Å²) in [6.07, 6.45) is 1.79. The molecule has 0 radical (unpaired) electrons. The predicted molar refractivity (Wildman–Crippen MR) is 90.5 cm³/mol. The molecule has 7 heteroatoms. The van der Waals surface area contributed by atoms with Crippen LogP contribution in [0, 0.1) is 11.7 Å². The Kier molecular flexibility index (Phi) is 5.24. The summed E-state index contributed by atoms with van der Waals surface area (Å²) >= 11 is 0. The van der Waals surface area contributed by atoms with Gasteiger partial charge in [0.15, 0.2) is 0 Å². The third-order valence-electron chi connectivity index (χ3n) is 5.10. The van der Waals surface area contributed by atoms with Gasteiger partial charge in [0.05, 0.1) is 11.4 Å². The molecule has 0 bridgehead atoms. The van der Waals surface area contributed by atoms with Crippen molar-refractivity contribution in [2.24, 2.45) is 5.92 Å². The molecule has 0 aliphatic carbocycles. The largest absolute Gasteiger partial charge is 0.372 e. The van der Waals surface area contributed by atoms with Gasteiger partial charge in [0.2, 0.25) is 10.0 Å². The number of ether oxygens (including phenoxy) is 1. The van der Waals surface area contributed by atoms with Crippen LogP contribution in [0.25, 0.3) is 0 Å². The number of halogens is 1. The molecule has 134 valence electrons. The summed E-state index contributed by atoms with van der Waals surface area (Å²) in [7, 11) is -3.12. The minimum absolute atomic E-state index is 0.116. The van der Waals surface area contributed by atoms with Crippen LogP contribution in [0.3, 0.4) is 0 Å². The molecule has 0 aromatic heterocycles. The average molecular weight is 356 g/mol. The van der Waals surface area contributed by atoms with Gasteiger partial charge in [-0.25, -0.2) is 17.5 Å². The SMILES string of the molecule is CCS(=O)(=O)NCC[C@H]1CCOC12CN(Cc1ccc(F)cc1)C2. The molecule has 2 heterocycles. The van der Waals surface area contributed by atoms with Gasteiger partial charge in [-0.1, -0.05) is 12.1 Å². The molecule has 1 aromatic carbocycles. The van der Waals surface area contributed by atoms with Crippen LogP contribution in [0.1, 0.15) is 25.3 Å². The molecule has 0 unspecified atom stereocenters. The van der Waals surface area contributed by atoms with E-state index in [2.05, 4.69) is 9.62 Å². The van der Waals surface area contributed by atoms with Crippen molar-refractivity contribution in [3.63, 3.8) is 0 Å². The van der Waals surface area contributed by atoms with Gasteiger partial charge in [-0.3, -0.25) is 4.90 Å². The maximum absolute atomic E-state index is 13.0. The van der Waals surface area contributed by atoms with Crippen LogP contribution in [0.4, 0.5) is 4.39 Å². The highest BCUT2D eigenvalue weighted by Crippen LogP contribution is 2.42. The number of hydrogen-bond acceptors (Lipinski definition) is 4. The van der Waals surface area contributed by atoms with Crippen LogP contribution in [-0.2, 0) is 21.3 Å². The van der Waals surface area contributed by atoms with Crippen molar-refractivity contribution >= 4 is 10.0 Å². The number of rotatable bonds is 7. The molecule has 1 spiro atoms. The van der Waals surface area contributed by atoms with Crippen molar-refractivity contribution in [3.8, 4) is 0 Å². The molecule has 2 aliphatic heterocycles. The zero-order chi connectivity index (χ0) is 17.2. The number of nitrogens with one attached hydrogen (secondary N) is 1. The highest BCUT2D eigenvalue weighted by Gasteiger charge is 2.52. The zero-order valence-electron chi connectivity index (χ0n) is 14.0. The third kappa shape index (κ3) is 3.96. The first-order valence-corrected chi connectivity index (χ1v) is 10.2. The lowest BCUT2D eigenvalue weighted by Crippen LogP contribution is -2.64. The molecule has 2 fully saturated rings. The lowest BCUT2D eigenvalue weighted by Gasteiger charge is -2.50. The van der Waals surface area contributed by atoms with Crippen LogP contribution < -0.4 is 4.72 Å². The summed E-state index contributed by atoms with van der Waals surface area (Å²) in [6.45, 7) is 5.37. The fourth-order valence-corrected chi connectivity index (χ4v) is 4.34. The van der Waals surface area contributed by atoms with E-state index >= 15 is 0 Å². The lowest BCUT2D eigenvalue weighted by atomic mass is 9.79. The molecule has 1 N–H and O–H groups in total. The van der Waals surface area contributed by atoms with Crippen molar-refractivity contribution in [1.82, 2.24) is 9.62 Å². The Morgan fingerprint density at radius 3 is 2.71 bits per heavy atom. The molecule has 2 saturated heterocycles. The second-order valence-corrected chi connectivity index (χ2v) is 8.85. The van der Waals surface area contributed by atoms with E-state index in [1.165, 1.54) is 12.1 Å². The van der Waals surface area contributed by atoms with E-state index in [0.29, 0.717) is 12.5 Å². The monoisotopic (exact) mass is 356 g/mol. The molecule has 24 heavy (non-hydrogen) atoms. The minimum atomic E-state index is -3.12. The van der Waals surface area contributed by atoms with E-state index in [0.717, 1.165) is 44.6 Å². The highest BCUT2D eigenvalue weighted by molar-refractivity contribution is 7.89. The Bertz CT molecular complexity index is 657. The van der Waals surface area contributed by atoms with E-state index in [1.54, 1.807) is 6.92 Å². The van der Waals surface area contributed by atoms with Crippen LogP contribution in [0.2, 0.25) is 0 Å². The molecule has 1 atom stereocenters. The summed E-state index contributed by atoms with van der Waals surface area (Å²) in [6, 6.07) is 6.60. The number of likely N-dealkylation sites (tertiary alicyclic amines) is 1. The van der Waals surface area contributed by atoms with Gasteiger partial charge in [-0.05, 0) is 43.4 Å². The van der Waals surface area contributed by atoms with E-state index in [4.69, 9.17) is 4.74 Å². The molecular formula is C17H25FN2O3S. The molecule has 1 aromatic rings. The maximum Gasteiger partial charge on any atom is 0.211 e. The minimum Gasteiger partial charge on any atom is -0.372 e. The molecule has 0 amide bonds. The van der Waals surface area contributed by atoms with E-state index in [1.807, 2.05) is 12.1 Å². The Labute approximate surface area is 143 Å². The molecule has 2 aliphatic rings. The number of sulfonamides is 1. The molecular weight excluding hydrogens is 331 g/mol. The van der Waals surface area contributed by atoms with Gasteiger partial charge in [0.1, 0.15) is 5.82 Å². The van der Waals surface area contributed by atoms with Gasteiger partial charge in [0, 0.05) is 32.8 Å². The number of benzene rings is 1. The first-order chi connectivity index (χ1) is 11.4. The Balaban J connectivity index is 1.49. The fourth-order valence-electron chi connectivity index (χ4n) is 3.70. The van der Waals surface area contributed by atoms with Crippen molar-refractivity contribution in [3.05, 3.63) is 35.6 Å². The maximum atomic E-state index is 13.0. The average Bonchev–Trinajstić information content (AvgIpc) is 2.93. The van der Waals surface area contributed by atoms with Crippen molar-refractivity contribution < 1.29 is 17.5 Å². The molecule has 3 rings (SSSR count). The van der Waals surface area contributed by atoms with Gasteiger partial charge in [-0.2, -0.15) is 0 Å². The van der Waals surface area contributed by atoms with E-state index in [9.17, 15) is 12.8 Å². The van der Waals surface area contributed by atoms with Crippen LogP contribution in [0.5, 0.6) is 0 Å². The quantitative estimate of drug-likeness (QED) is 0.809. The second kappa shape index (κ2) is 7.07. The first kappa shape index (κ1) is 17.8. The topological polar surface area (TPSA) is 58.6 Å². The summed E-state index contributed by atoms with van der Waals surface area (Å²) in [5.41, 5.74) is 0.967. The summed E-state index contributed by atoms with van der Waals surface area (Å²) in [4.78, 5) is 2.29. The predicted octanol–water partition coefficient (Wildman–Crippen LogP) is 1.75. The smallest absolute Gasteiger partial charge is 0.211 e. The van der Waals surface area contributed by atoms with Gasteiger partial charge in [0.25, 0.3) is 0 Å². The second-order valence-electron chi connectivity index (χ2n) is 6.76. The summed E-state index contributed by atoms with van der Waals surface area (Å²) in [5.74, 6) is 0.291. The normalized spacial score (nSPS) is 23.5. The lowest BCUT2D eigenvalue weighted by molar-refractivity contribution is -0.136. The zero-order valence-corrected chi connectivity index (χ0v) is 14.8. The highest BCUT2D eigenvalue weighted by atomic mass is 32.2. The molecule has 5 nitrogen and oxygen atoms in total. The Morgan fingerprint density at radius 1 is 1.33 bits per heavy atom. The van der Waals surface area contributed by atoms with Crippen LogP contribution >= 0.6 is 0 Å². The van der Waals surface area contributed by atoms with Crippen LogP contribution in [0.15, 0.2) is 24.3 Å². The van der Waals surface area contributed by atoms with Crippen molar-refractivity contribution in [1.29, 1.82) is 0 Å². The van der Waals surface area contributed by atoms with Gasteiger partial charge < -0.3 is 4.74 Å². The first-order valence-electron chi connectivity index (χ1n) is 8.50. The van der Waals surface area contributed by atoms with E-state index < -0.39 is 10.0 Å². The number of nitrogens with zero attached hydrogens (tertiary/aromatic N) is 1. The fraction of sp³-hybridized carbons (Fsp3) is 0.647. The molecule has 0 saturated carbocycles. The van der Waals surface area contributed by atoms with Crippen molar-refractivity contribution in [2.75, 3.05) is 32.0 Å². The summed E-state index contributed by atoms with van der Waals surface area (Å²) in [5, 5.41) is 0. The van der Waals surface area contributed by atoms with Crippen LogP contribution in [-0.4, -0.2) is 50.9 Å².